The smallest absolute Gasteiger partial charge is 0.255 e. The minimum atomic E-state index is -0.674. The molecular weight excluding hydrogens is 336 g/mol. The zero-order valence-electron chi connectivity index (χ0n) is 14.5. The minimum Gasteiger partial charge on any atom is -0.375 e. The van der Waals surface area contributed by atoms with Gasteiger partial charge in [-0.3, -0.25) is 9.78 Å². The highest BCUT2D eigenvalue weighted by atomic mass is 32.2. The van der Waals surface area contributed by atoms with Crippen molar-refractivity contribution in [2.75, 3.05) is 6.61 Å². The third-order valence-corrected chi connectivity index (χ3v) is 5.23. The number of nitrogens with one attached hydrogen (secondary N) is 1. The Hall–Kier alpha value is -2.17. The molecule has 1 N–H and O–H groups in total. The summed E-state index contributed by atoms with van der Waals surface area (Å²) in [4.78, 5) is 24.0. The largest absolute Gasteiger partial charge is 0.375 e. The van der Waals surface area contributed by atoms with Crippen LogP contribution in [0.2, 0.25) is 0 Å². The Kier molecular flexibility index (Phi) is 4.93. The number of aromatic nitrogens is 3. The molecule has 0 fully saturated rings. The highest BCUT2D eigenvalue weighted by Gasteiger charge is 2.26. The summed E-state index contributed by atoms with van der Waals surface area (Å²) in [5, 5.41) is 10.0. The molecule has 0 bridgehead atoms. The van der Waals surface area contributed by atoms with Gasteiger partial charge in [0.15, 0.2) is 5.16 Å². The fourth-order valence-corrected chi connectivity index (χ4v) is 3.80. The van der Waals surface area contributed by atoms with Crippen LogP contribution in [0.25, 0.3) is 0 Å². The van der Waals surface area contributed by atoms with E-state index in [1.54, 1.807) is 6.20 Å². The van der Waals surface area contributed by atoms with Crippen LogP contribution in [0.4, 0.5) is 0 Å². The molecule has 0 amide bonds. The zero-order valence-corrected chi connectivity index (χ0v) is 15.4. The number of H-pyrrole nitrogens is 1. The Morgan fingerprint density at radius 2 is 2.28 bits per heavy atom. The second kappa shape index (κ2) is 6.98. The van der Waals surface area contributed by atoms with Crippen molar-refractivity contribution in [3.05, 3.63) is 50.7 Å². The summed E-state index contributed by atoms with van der Waals surface area (Å²) >= 11 is 1.44. The van der Waals surface area contributed by atoms with E-state index in [0.717, 1.165) is 28.1 Å². The summed E-state index contributed by atoms with van der Waals surface area (Å²) < 4.78 is 5.40. The Balaban J connectivity index is 1.89. The van der Waals surface area contributed by atoms with E-state index in [4.69, 9.17) is 4.74 Å². The Bertz CT molecular complexity index is 899. The fourth-order valence-electron chi connectivity index (χ4n) is 2.81. The summed E-state index contributed by atoms with van der Waals surface area (Å²) in [5.74, 6) is 0.586. The molecule has 130 valence electrons. The van der Waals surface area contributed by atoms with Crippen molar-refractivity contribution in [1.82, 2.24) is 15.0 Å². The summed E-state index contributed by atoms with van der Waals surface area (Å²) in [6.45, 7) is 6.67. The van der Waals surface area contributed by atoms with Crippen molar-refractivity contribution in [2.24, 2.45) is 0 Å². The molecule has 1 aliphatic rings. The molecule has 25 heavy (non-hydrogen) atoms. The average molecular weight is 356 g/mol. The van der Waals surface area contributed by atoms with Crippen LogP contribution in [0.1, 0.15) is 41.9 Å². The fraction of sp³-hybridized carbons (Fsp3) is 0.444. The van der Waals surface area contributed by atoms with Gasteiger partial charge in [0.05, 0.1) is 36.1 Å². The molecule has 2 aromatic rings. The first kappa shape index (κ1) is 17.6. The maximum absolute atomic E-state index is 12.2. The van der Waals surface area contributed by atoms with Crippen LogP contribution >= 0.6 is 11.8 Å². The number of hydrogen-bond acceptors (Lipinski definition) is 6. The minimum absolute atomic E-state index is 0.0868. The monoisotopic (exact) mass is 356 g/mol. The number of aryl methyl sites for hydroxylation is 1. The van der Waals surface area contributed by atoms with Gasteiger partial charge in [-0.05, 0) is 38.0 Å². The van der Waals surface area contributed by atoms with Gasteiger partial charge < -0.3 is 9.72 Å². The number of hydrogen-bond donors (Lipinski definition) is 1. The molecule has 2 aromatic heterocycles. The molecule has 3 heterocycles. The standard InChI is InChI=1S/C18H20N4O2S/c1-11-4-6-20-15(18(2,3)10-19)13(11)9-25-17-21-14-8-24-7-5-12(14)16(23)22-17/h4,6H,5,7-9H2,1-3H3,(H,21,22,23). The summed E-state index contributed by atoms with van der Waals surface area (Å²) in [6, 6.07) is 4.25. The molecule has 6 nitrogen and oxygen atoms in total. The van der Waals surface area contributed by atoms with Crippen molar-refractivity contribution >= 4 is 11.8 Å². The molecule has 0 saturated heterocycles. The molecular formula is C18H20N4O2S. The van der Waals surface area contributed by atoms with Gasteiger partial charge in [-0.2, -0.15) is 5.26 Å². The SMILES string of the molecule is Cc1ccnc(C(C)(C)C#N)c1CSc1nc2c(c(=O)[nH]1)CCOC2. The van der Waals surface area contributed by atoms with E-state index in [1.165, 1.54) is 11.8 Å². The average Bonchev–Trinajstić information content (AvgIpc) is 2.60. The first-order valence-electron chi connectivity index (χ1n) is 8.11. The lowest BCUT2D eigenvalue weighted by atomic mass is 9.87. The number of rotatable bonds is 4. The lowest BCUT2D eigenvalue weighted by Gasteiger charge is -2.20. The Labute approximate surface area is 150 Å². The van der Waals surface area contributed by atoms with Crippen LogP contribution in [-0.4, -0.2) is 21.6 Å². The lowest BCUT2D eigenvalue weighted by Crippen LogP contribution is -2.24. The number of ether oxygens (including phenoxy) is 1. The van der Waals surface area contributed by atoms with Gasteiger partial charge in [-0.1, -0.05) is 11.8 Å². The predicted molar refractivity (Wildman–Crippen MR) is 95.4 cm³/mol. The van der Waals surface area contributed by atoms with E-state index in [2.05, 4.69) is 21.0 Å². The topological polar surface area (TPSA) is 91.7 Å². The number of thioether (sulfide) groups is 1. The normalized spacial score (nSPS) is 14.0. The number of nitrogens with zero attached hydrogens (tertiary/aromatic N) is 3. The third kappa shape index (κ3) is 3.60. The molecule has 0 unspecified atom stereocenters. The van der Waals surface area contributed by atoms with Gasteiger partial charge in [-0.25, -0.2) is 4.98 Å². The van der Waals surface area contributed by atoms with Crippen molar-refractivity contribution in [1.29, 1.82) is 5.26 Å². The molecule has 1 aliphatic heterocycles. The number of nitriles is 1. The number of fused-ring (bicyclic) bond motifs is 1. The first-order valence-corrected chi connectivity index (χ1v) is 9.10. The maximum atomic E-state index is 12.2. The molecule has 7 heteroatoms. The lowest BCUT2D eigenvalue weighted by molar-refractivity contribution is 0.106. The molecule has 0 saturated carbocycles. The summed E-state index contributed by atoms with van der Waals surface area (Å²) in [7, 11) is 0. The third-order valence-electron chi connectivity index (χ3n) is 4.33. The molecule has 0 radical (unpaired) electrons. The quantitative estimate of drug-likeness (QED) is 0.669. The van der Waals surface area contributed by atoms with Crippen LogP contribution in [0.3, 0.4) is 0 Å². The van der Waals surface area contributed by atoms with Gasteiger partial charge in [0.2, 0.25) is 0 Å². The van der Waals surface area contributed by atoms with Crippen LogP contribution in [0.15, 0.2) is 22.2 Å². The van der Waals surface area contributed by atoms with Crippen LogP contribution in [-0.2, 0) is 28.9 Å². The van der Waals surface area contributed by atoms with Crippen molar-refractivity contribution in [2.45, 2.75) is 50.1 Å². The van der Waals surface area contributed by atoms with Crippen molar-refractivity contribution in [3.8, 4) is 6.07 Å². The maximum Gasteiger partial charge on any atom is 0.255 e. The Morgan fingerprint density at radius 1 is 1.48 bits per heavy atom. The Morgan fingerprint density at radius 3 is 3.04 bits per heavy atom. The van der Waals surface area contributed by atoms with Gasteiger partial charge in [0, 0.05) is 23.9 Å². The zero-order chi connectivity index (χ0) is 18.0. The van der Waals surface area contributed by atoms with Gasteiger partial charge in [0.25, 0.3) is 5.56 Å². The van der Waals surface area contributed by atoms with Crippen molar-refractivity contribution < 1.29 is 4.74 Å². The summed E-state index contributed by atoms with van der Waals surface area (Å²) in [6.07, 6.45) is 2.33. The predicted octanol–water partition coefficient (Wildman–Crippen LogP) is 2.64. The van der Waals surface area contributed by atoms with E-state index in [1.807, 2.05) is 26.8 Å². The molecule has 0 spiro atoms. The van der Waals surface area contributed by atoms with Crippen molar-refractivity contribution in [3.63, 3.8) is 0 Å². The molecule has 0 aromatic carbocycles. The molecule has 0 aliphatic carbocycles. The summed E-state index contributed by atoms with van der Waals surface area (Å²) in [5.41, 5.74) is 3.53. The second-order valence-corrected chi connectivity index (χ2v) is 7.54. The van der Waals surface area contributed by atoms with Crippen LogP contribution < -0.4 is 5.56 Å². The van der Waals surface area contributed by atoms with Crippen LogP contribution in [0.5, 0.6) is 0 Å². The van der Waals surface area contributed by atoms with E-state index >= 15 is 0 Å². The van der Waals surface area contributed by atoms with E-state index in [0.29, 0.717) is 30.5 Å². The number of pyridine rings is 1. The van der Waals surface area contributed by atoms with Crippen LogP contribution in [0, 0.1) is 18.3 Å². The van der Waals surface area contributed by atoms with E-state index in [-0.39, 0.29) is 5.56 Å². The van der Waals surface area contributed by atoms with E-state index in [9.17, 15) is 10.1 Å². The highest BCUT2D eigenvalue weighted by molar-refractivity contribution is 7.98. The van der Waals surface area contributed by atoms with Gasteiger partial charge in [-0.15, -0.1) is 0 Å². The van der Waals surface area contributed by atoms with Gasteiger partial charge in [0.1, 0.15) is 0 Å². The highest BCUT2D eigenvalue weighted by Crippen LogP contribution is 2.30. The molecule has 0 atom stereocenters. The molecule has 3 rings (SSSR count). The van der Waals surface area contributed by atoms with Gasteiger partial charge >= 0.3 is 0 Å². The second-order valence-electron chi connectivity index (χ2n) is 6.58. The first-order chi connectivity index (χ1) is 11.9. The number of aromatic amines is 1. The van der Waals surface area contributed by atoms with E-state index < -0.39 is 5.41 Å².